The van der Waals surface area contributed by atoms with Gasteiger partial charge in [0.25, 0.3) is 5.91 Å². The summed E-state index contributed by atoms with van der Waals surface area (Å²) >= 11 is 5.89. The van der Waals surface area contributed by atoms with Crippen molar-refractivity contribution in [2.45, 2.75) is 23.8 Å². The zero-order valence-electron chi connectivity index (χ0n) is 18.1. The summed E-state index contributed by atoms with van der Waals surface area (Å²) in [5.74, 6) is -1.63. The number of anilines is 1. The molecule has 0 spiro atoms. The van der Waals surface area contributed by atoms with Crippen LogP contribution in [-0.4, -0.2) is 38.0 Å². The Kier molecular flexibility index (Phi) is 8.27. The molecule has 0 aliphatic heterocycles. The number of carbonyl (C=O) groups is 2. The normalized spacial score (nSPS) is 12.1. The number of carboxylic acid groups (broad SMARTS) is 1. The lowest BCUT2D eigenvalue weighted by atomic mass is 10.1. The van der Waals surface area contributed by atoms with Gasteiger partial charge in [-0.05, 0) is 72.5 Å². The number of sulfonamides is 1. The monoisotopic (exact) mass is 501 g/mol. The molecule has 5 N–H and O–H groups in total. The predicted octanol–water partition coefficient (Wildman–Crippen LogP) is 3.53. The summed E-state index contributed by atoms with van der Waals surface area (Å²) in [5.41, 5.74) is 8.21. The molecule has 0 saturated carbocycles. The molecular weight excluding hydrogens is 478 g/mol. The van der Waals surface area contributed by atoms with Crippen molar-refractivity contribution < 1.29 is 23.1 Å². The second kappa shape index (κ2) is 11.1. The van der Waals surface area contributed by atoms with Gasteiger partial charge in [0, 0.05) is 22.8 Å². The van der Waals surface area contributed by atoms with Crippen LogP contribution >= 0.6 is 11.6 Å². The number of hydrogen-bond acceptors (Lipinski definition) is 5. The number of nitrogen functional groups attached to an aromatic ring is 1. The van der Waals surface area contributed by atoms with E-state index in [0.717, 1.165) is 11.1 Å². The first-order valence-corrected chi connectivity index (χ1v) is 12.3. The van der Waals surface area contributed by atoms with Gasteiger partial charge in [-0.2, -0.15) is 4.72 Å². The summed E-state index contributed by atoms with van der Waals surface area (Å²) in [6, 6.07) is 18.2. The number of nitrogens with one attached hydrogen (secondary N) is 2. The largest absolute Gasteiger partial charge is 0.480 e. The Bertz CT molecular complexity index is 1250. The maximum absolute atomic E-state index is 12.7. The molecular formula is C24H24ClN3O5S. The van der Waals surface area contributed by atoms with Crippen LogP contribution in [0.3, 0.4) is 0 Å². The predicted molar refractivity (Wildman–Crippen MR) is 131 cm³/mol. The van der Waals surface area contributed by atoms with Crippen LogP contribution in [0.1, 0.15) is 23.2 Å². The van der Waals surface area contributed by atoms with E-state index < -0.39 is 22.0 Å². The Morgan fingerprint density at radius 3 is 2.03 bits per heavy atom. The number of hydrogen-bond donors (Lipinski definition) is 4. The van der Waals surface area contributed by atoms with E-state index >= 15 is 0 Å². The van der Waals surface area contributed by atoms with Gasteiger partial charge in [0.2, 0.25) is 10.0 Å². The summed E-state index contributed by atoms with van der Waals surface area (Å²) in [6.07, 6.45) is 0.259. The Morgan fingerprint density at radius 2 is 1.47 bits per heavy atom. The summed E-state index contributed by atoms with van der Waals surface area (Å²) in [6.45, 7) is 0.185. The molecule has 0 aliphatic carbocycles. The molecule has 8 nitrogen and oxygen atoms in total. The highest BCUT2D eigenvalue weighted by atomic mass is 35.5. The number of aliphatic carboxylic acids is 1. The molecule has 0 aromatic heterocycles. The SMILES string of the molecule is Nc1ccc(C(=O)NCCC[C@H](NS(=O)(=O)c2ccc(-c3ccc(Cl)cc3)cc2)C(=O)O)cc1. The zero-order valence-corrected chi connectivity index (χ0v) is 19.6. The maximum atomic E-state index is 12.7. The molecule has 3 aromatic rings. The molecule has 0 aliphatic rings. The second-order valence-corrected chi connectivity index (χ2v) is 9.71. The van der Waals surface area contributed by atoms with Crippen molar-refractivity contribution in [2.75, 3.05) is 12.3 Å². The lowest BCUT2D eigenvalue weighted by Gasteiger charge is -2.15. The van der Waals surface area contributed by atoms with Crippen molar-refractivity contribution >= 4 is 39.2 Å². The van der Waals surface area contributed by atoms with Gasteiger partial charge in [-0.3, -0.25) is 9.59 Å². The summed E-state index contributed by atoms with van der Waals surface area (Å²) in [7, 11) is -4.06. The van der Waals surface area contributed by atoms with E-state index in [-0.39, 0.29) is 30.2 Å². The van der Waals surface area contributed by atoms with Crippen LogP contribution in [-0.2, 0) is 14.8 Å². The van der Waals surface area contributed by atoms with Crippen molar-refractivity contribution in [3.63, 3.8) is 0 Å². The third-order valence-electron chi connectivity index (χ3n) is 5.07. The molecule has 3 rings (SSSR count). The first-order chi connectivity index (χ1) is 16.2. The van der Waals surface area contributed by atoms with Crippen molar-refractivity contribution in [3.8, 4) is 11.1 Å². The minimum Gasteiger partial charge on any atom is -0.480 e. The standard InChI is InChI=1S/C24H24ClN3O5S/c25-19-9-3-16(4-10-19)17-7-13-21(14-8-17)34(32,33)28-22(24(30)31)2-1-15-27-23(29)18-5-11-20(26)12-6-18/h3-14,22,28H,1-2,15,26H2,(H,27,29)(H,30,31)/t22-/m0/s1. The Morgan fingerprint density at radius 1 is 0.912 bits per heavy atom. The fraction of sp³-hybridized carbons (Fsp3) is 0.167. The first-order valence-electron chi connectivity index (χ1n) is 10.4. The molecule has 34 heavy (non-hydrogen) atoms. The molecule has 0 radical (unpaired) electrons. The van der Waals surface area contributed by atoms with Gasteiger partial charge in [0.1, 0.15) is 6.04 Å². The van der Waals surface area contributed by atoms with Gasteiger partial charge in [-0.1, -0.05) is 35.9 Å². The van der Waals surface area contributed by atoms with Crippen molar-refractivity contribution in [2.24, 2.45) is 0 Å². The van der Waals surface area contributed by atoms with Crippen molar-refractivity contribution in [3.05, 3.63) is 83.4 Å². The minimum atomic E-state index is -4.06. The Balaban J connectivity index is 1.57. The van der Waals surface area contributed by atoms with E-state index in [1.54, 1.807) is 48.5 Å². The van der Waals surface area contributed by atoms with E-state index in [0.29, 0.717) is 16.3 Å². The zero-order chi connectivity index (χ0) is 24.7. The van der Waals surface area contributed by atoms with Gasteiger partial charge in [0.15, 0.2) is 0 Å². The lowest BCUT2D eigenvalue weighted by Crippen LogP contribution is -2.41. The molecule has 0 fully saturated rings. The van der Waals surface area contributed by atoms with Gasteiger partial charge in [-0.25, -0.2) is 8.42 Å². The second-order valence-electron chi connectivity index (χ2n) is 7.56. The molecule has 0 unspecified atom stereocenters. The lowest BCUT2D eigenvalue weighted by molar-refractivity contribution is -0.139. The third kappa shape index (κ3) is 6.80. The number of benzene rings is 3. The van der Waals surface area contributed by atoms with Crippen LogP contribution < -0.4 is 15.8 Å². The van der Waals surface area contributed by atoms with E-state index in [1.165, 1.54) is 12.1 Å². The minimum absolute atomic E-state index is 0.000556. The number of carboxylic acids is 1. The smallest absolute Gasteiger partial charge is 0.321 e. The first kappa shape index (κ1) is 25.2. The quantitative estimate of drug-likeness (QED) is 0.247. The molecule has 10 heteroatoms. The number of nitrogens with two attached hydrogens (primary N) is 1. The van der Waals surface area contributed by atoms with E-state index in [4.69, 9.17) is 17.3 Å². The summed E-state index contributed by atoms with van der Waals surface area (Å²) in [4.78, 5) is 23.7. The van der Waals surface area contributed by atoms with Gasteiger partial charge >= 0.3 is 5.97 Å². The highest BCUT2D eigenvalue weighted by Crippen LogP contribution is 2.23. The molecule has 0 bridgehead atoms. The maximum Gasteiger partial charge on any atom is 0.321 e. The van der Waals surface area contributed by atoms with Crippen LogP contribution in [0.4, 0.5) is 5.69 Å². The fourth-order valence-corrected chi connectivity index (χ4v) is 4.55. The van der Waals surface area contributed by atoms with E-state index in [9.17, 15) is 23.1 Å². The van der Waals surface area contributed by atoms with E-state index in [2.05, 4.69) is 10.0 Å². The summed E-state index contributed by atoms with van der Waals surface area (Å²) in [5, 5.41) is 12.7. The molecule has 178 valence electrons. The average molecular weight is 502 g/mol. The molecule has 3 aromatic carbocycles. The number of amides is 1. The van der Waals surface area contributed by atoms with E-state index in [1.807, 2.05) is 12.1 Å². The fourth-order valence-electron chi connectivity index (χ4n) is 3.20. The Labute approximate surface area is 202 Å². The van der Waals surface area contributed by atoms with Crippen LogP contribution in [0.5, 0.6) is 0 Å². The van der Waals surface area contributed by atoms with Crippen molar-refractivity contribution in [1.29, 1.82) is 0 Å². The topological polar surface area (TPSA) is 139 Å². The van der Waals surface area contributed by atoms with Crippen LogP contribution in [0.15, 0.2) is 77.7 Å². The molecule has 0 heterocycles. The number of carbonyl (C=O) groups excluding carboxylic acids is 1. The molecule has 1 amide bonds. The number of halogens is 1. The van der Waals surface area contributed by atoms with Gasteiger partial charge in [-0.15, -0.1) is 0 Å². The van der Waals surface area contributed by atoms with Crippen molar-refractivity contribution in [1.82, 2.24) is 10.0 Å². The van der Waals surface area contributed by atoms with Crippen LogP contribution in [0.25, 0.3) is 11.1 Å². The van der Waals surface area contributed by atoms with Crippen LogP contribution in [0.2, 0.25) is 5.02 Å². The molecule has 1 atom stereocenters. The van der Waals surface area contributed by atoms with Crippen LogP contribution in [0, 0.1) is 0 Å². The summed E-state index contributed by atoms with van der Waals surface area (Å²) < 4.78 is 27.7. The van der Waals surface area contributed by atoms with Gasteiger partial charge in [0.05, 0.1) is 4.90 Å². The molecule has 0 saturated heterocycles. The number of rotatable bonds is 10. The highest BCUT2D eigenvalue weighted by molar-refractivity contribution is 7.89. The van der Waals surface area contributed by atoms with Gasteiger partial charge < -0.3 is 16.2 Å². The average Bonchev–Trinajstić information content (AvgIpc) is 2.81. The third-order valence-corrected chi connectivity index (χ3v) is 6.81. The highest BCUT2D eigenvalue weighted by Gasteiger charge is 2.25. The Hall–Kier alpha value is -3.40.